The Balaban J connectivity index is 1.67. The molecule has 0 saturated carbocycles. The molecule has 1 aliphatic rings. The highest BCUT2D eigenvalue weighted by atomic mass is 16.5. The zero-order valence-corrected chi connectivity index (χ0v) is 12.8. The molecule has 2 aromatic rings. The summed E-state index contributed by atoms with van der Waals surface area (Å²) in [5, 5.41) is 10.3. The fraction of sp³-hybridized carbons (Fsp3) is 0.375. The molecule has 0 bridgehead atoms. The normalized spacial score (nSPS) is 16.7. The number of benzene rings is 1. The second-order valence-corrected chi connectivity index (χ2v) is 5.48. The number of fused-ring (bicyclic) bond motifs is 1. The quantitative estimate of drug-likeness (QED) is 0.915. The second-order valence-electron chi connectivity index (χ2n) is 5.48. The molecule has 116 valence electrons. The van der Waals surface area contributed by atoms with Gasteiger partial charge in [-0.25, -0.2) is 4.79 Å². The van der Waals surface area contributed by atoms with Gasteiger partial charge in [-0.1, -0.05) is 6.07 Å². The van der Waals surface area contributed by atoms with Crippen molar-refractivity contribution < 1.29 is 9.53 Å². The highest BCUT2D eigenvalue weighted by Crippen LogP contribution is 2.28. The van der Waals surface area contributed by atoms with E-state index in [1.165, 1.54) is 0 Å². The monoisotopic (exact) mass is 300 g/mol. The highest BCUT2D eigenvalue weighted by Gasteiger charge is 2.24. The first-order chi connectivity index (χ1) is 10.7. The SMILES string of the molecule is COc1cccc(NC(=O)NC2CCCc3nn(C)cc32)c1. The molecule has 1 aromatic carbocycles. The topological polar surface area (TPSA) is 68.2 Å². The molecule has 0 fully saturated rings. The number of carbonyl (C=O) groups is 1. The van der Waals surface area contributed by atoms with Gasteiger partial charge in [0.1, 0.15) is 5.75 Å². The summed E-state index contributed by atoms with van der Waals surface area (Å²) >= 11 is 0. The number of aryl methyl sites for hydroxylation is 2. The van der Waals surface area contributed by atoms with E-state index in [2.05, 4.69) is 15.7 Å². The lowest BCUT2D eigenvalue weighted by Crippen LogP contribution is -2.34. The van der Waals surface area contributed by atoms with E-state index in [1.807, 2.05) is 36.1 Å². The molecule has 1 unspecified atom stereocenters. The molecular formula is C16H20N4O2. The van der Waals surface area contributed by atoms with Gasteiger partial charge >= 0.3 is 6.03 Å². The average Bonchev–Trinajstić information content (AvgIpc) is 2.89. The van der Waals surface area contributed by atoms with Crippen molar-refractivity contribution in [3.05, 3.63) is 41.7 Å². The molecule has 1 atom stereocenters. The Hall–Kier alpha value is -2.50. The van der Waals surface area contributed by atoms with Gasteiger partial charge in [0, 0.05) is 30.6 Å². The van der Waals surface area contributed by atoms with Crippen LogP contribution in [0.4, 0.5) is 10.5 Å². The predicted octanol–water partition coefficient (Wildman–Crippen LogP) is 2.63. The minimum absolute atomic E-state index is 0.0167. The third-order valence-corrected chi connectivity index (χ3v) is 3.85. The van der Waals surface area contributed by atoms with Crippen molar-refractivity contribution in [1.29, 1.82) is 0 Å². The number of urea groups is 1. The number of amides is 2. The van der Waals surface area contributed by atoms with Crippen LogP contribution < -0.4 is 15.4 Å². The van der Waals surface area contributed by atoms with Crippen molar-refractivity contribution in [3.63, 3.8) is 0 Å². The third kappa shape index (κ3) is 3.05. The summed E-state index contributed by atoms with van der Waals surface area (Å²) in [6.45, 7) is 0. The lowest BCUT2D eigenvalue weighted by atomic mass is 9.93. The van der Waals surface area contributed by atoms with Crippen molar-refractivity contribution in [1.82, 2.24) is 15.1 Å². The lowest BCUT2D eigenvalue weighted by Gasteiger charge is -2.22. The van der Waals surface area contributed by atoms with Gasteiger partial charge in [0.15, 0.2) is 0 Å². The Morgan fingerprint density at radius 3 is 3.14 bits per heavy atom. The zero-order chi connectivity index (χ0) is 15.5. The molecule has 0 saturated heterocycles. The number of rotatable bonds is 3. The number of hydrogen-bond acceptors (Lipinski definition) is 3. The molecule has 2 N–H and O–H groups in total. The van der Waals surface area contributed by atoms with Gasteiger partial charge in [0.2, 0.25) is 0 Å². The molecule has 2 amide bonds. The van der Waals surface area contributed by atoms with E-state index in [1.54, 1.807) is 13.2 Å². The van der Waals surface area contributed by atoms with E-state index in [-0.39, 0.29) is 12.1 Å². The molecule has 0 aliphatic heterocycles. The number of carbonyl (C=O) groups excluding carboxylic acids is 1. The molecule has 0 spiro atoms. The maximum Gasteiger partial charge on any atom is 0.319 e. The fourth-order valence-electron chi connectivity index (χ4n) is 2.84. The Morgan fingerprint density at radius 1 is 1.45 bits per heavy atom. The zero-order valence-electron chi connectivity index (χ0n) is 12.8. The van der Waals surface area contributed by atoms with Crippen molar-refractivity contribution in [2.75, 3.05) is 12.4 Å². The Morgan fingerprint density at radius 2 is 2.32 bits per heavy atom. The summed E-state index contributed by atoms with van der Waals surface area (Å²) in [5.74, 6) is 0.713. The van der Waals surface area contributed by atoms with Crippen molar-refractivity contribution >= 4 is 11.7 Å². The first kappa shape index (κ1) is 14.4. The van der Waals surface area contributed by atoms with Crippen LogP contribution in [0.3, 0.4) is 0 Å². The van der Waals surface area contributed by atoms with Crippen molar-refractivity contribution in [3.8, 4) is 5.75 Å². The number of anilines is 1. The van der Waals surface area contributed by atoms with Gasteiger partial charge in [0.05, 0.1) is 18.8 Å². The number of hydrogen-bond donors (Lipinski definition) is 2. The Kier molecular flexibility index (Phi) is 4.00. The van der Waals surface area contributed by atoms with Gasteiger partial charge in [-0.05, 0) is 31.4 Å². The van der Waals surface area contributed by atoms with E-state index in [9.17, 15) is 4.79 Å². The molecule has 1 aromatic heterocycles. The number of methoxy groups -OCH3 is 1. The molecule has 1 heterocycles. The molecule has 3 rings (SSSR count). The molecule has 22 heavy (non-hydrogen) atoms. The molecule has 1 aliphatic carbocycles. The summed E-state index contributed by atoms with van der Waals surface area (Å²) in [7, 11) is 3.51. The fourth-order valence-corrected chi connectivity index (χ4v) is 2.84. The van der Waals surface area contributed by atoms with Gasteiger partial charge in [-0.3, -0.25) is 4.68 Å². The predicted molar refractivity (Wildman–Crippen MR) is 84.0 cm³/mol. The summed E-state index contributed by atoms with van der Waals surface area (Å²) in [5.41, 5.74) is 2.91. The highest BCUT2D eigenvalue weighted by molar-refractivity contribution is 5.89. The number of ether oxygens (including phenoxy) is 1. The first-order valence-corrected chi connectivity index (χ1v) is 7.39. The van der Waals surface area contributed by atoms with Crippen LogP contribution in [-0.4, -0.2) is 22.9 Å². The van der Waals surface area contributed by atoms with Crippen LogP contribution in [0.15, 0.2) is 30.5 Å². The van der Waals surface area contributed by atoms with E-state index < -0.39 is 0 Å². The number of nitrogens with one attached hydrogen (secondary N) is 2. The summed E-state index contributed by atoms with van der Waals surface area (Å²) in [4.78, 5) is 12.2. The van der Waals surface area contributed by atoms with Crippen LogP contribution in [0, 0.1) is 0 Å². The van der Waals surface area contributed by atoms with Crippen molar-refractivity contribution in [2.24, 2.45) is 7.05 Å². The minimum Gasteiger partial charge on any atom is -0.497 e. The molecular weight excluding hydrogens is 280 g/mol. The minimum atomic E-state index is -0.213. The lowest BCUT2D eigenvalue weighted by molar-refractivity contribution is 0.247. The van der Waals surface area contributed by atoms with E-state index in [0.29, 0.717) is 11.4 Å². The van der Waals surface area contributed by atoms with E-state index >= 15 is 0 Å². The van der Waals surface area contributed by atoms with Crippen LogP contribution in [0.1, 0.15) is 30.1 Å². The smallest absolute Gasteiger partial charge is 0.319 e. The van der Waals surface area contributed by atoms with E-state index in [4.69, 9.17) is 4.74 Å². The van der Waals surface area contributed by atoms with Crippen LogP contribution in [0.25, 0.3) is 0 Å². The van der Waals surface area contributed by atoms with Gasteiger partial charge < -0.3 is 15.4 Å². The van der Waals surface area contributed by atoms with E-state index in [0.717, 1.165) is 30.5 Å². The van der Waals surface area contributed by atoms with Gasteiger partial charge in [-0.15, -0.1) is 0 Å². The standard InChI is InChI=1S/C16H20N4O2/c1-20-10-13-14(7-4-8-15(13)19-20)18-16(21)17-11-5-3-6-12(9-11)22-2/h3,5-6,9-10,14H,4,7-8H2,1-2H3,(H2,17,18,21). The molecule has 6 heteroatoms. The average molecular weight is 300 g/mol. The van der Waals surface area contributed by atoms with Crippen LogP contribution in [0.5, 0.6) is 5.75 Å². The van der Waals surface area contributed by atoms with Crippen LogP contribution in [0.2, 0.25) is 0 Å². The molecule has 6 nitrogen and oxygen atoms in total. The Labute approximate surface area is 129 Å². The van der Waals surface area contributed by atoms with Crippen LogP contribution >= 0.6 is 0 Å². The Bertz CT molecular complexity index is 681. The summed E-state index contributed by atoms with van der Waals surface area (Å²) < 4.78 is 6.96. The van der Waals surface area contributed by atoms with Gasteiger partial charge in [0.25, 0.3) is 0 Å². The van der Waals surface area contributed by atoms with Crippen LogP contribution in [-0.2, 0) is 13.5 Å². The van der Waals surface area contributed by atoms with Gasteiger partial charge in [-0.2, -0.15) is 5.10 Å². The number of nitrogens with zero attached hydrogens (tertiary/aromatic N) is 2. The largest absolute Gasteiger partial charge is 0.497 e. The summed E-state index contributed by atoms with van der Waals surface area (Å²) in [6, 6.07) is 7.10. The molecule has 0 radical (unpaired) electrons. The van der Waals surface area contributed by atoms with Crippen molar-refractivity contribution in [2.45, 2.75) is 25.3 Å². The summed E-state index contributed by atoms with van der Waals surface area (Å²) in [6.07, 6.45) is 4.94. The maximum atomic E-state index is 12.2. The second kappa shape index (κ2) is 6.09. The number of aromatic nitrogens is 2. The maximum absolute atomic E-state index is 12.2. The third-order valence-electron chi connectivity index (χ3n) is 3.85. The first-order valence-electron chi connectivity index (χ1n) is 7.39.